The molecule has 0 aromatic carbocycles. The molecule has 128 valence electrons. The van der Waals surface area contributed by atoms with Gasteiger partial charge in [-0.15, -0.1) is 0 Å². The number of aromatic nitrogens is 1. The van der Waals surface area contributed by atoms with Crippen molar-refractivity contribution in [3.8, 4) is 0 Å². The molecule has 5 nitrogen and oxygen atoms in total. The van der Waals surface area contributed by atoms with E-state index < -0.39 is 12.0 Å². The summed E-state index contributed by atoms with van der Waals surface area (Å²) in [5.74, 6) is 0.493. The normalized spacial score (nSPS) is 16.0. The van der Waals surface area contributed by atoms with Crippen LogP contribution in [-0.4, -0.2) is 47.8 Å². The van der Waals surface area contributed by atoms with Crippen LogP contribution < -0.4 is 4.90 Å². The zero-order valence-electron chi connectivity index (χ0n) is 13.4. The van der Waals surface area contributed by atoms with E-state index in [4.69, 9.17) is 4.74 Å². The Balaban J connectivity index is 1.99. The molecule has 1 aromatic rings. The molecule has 1 amide bonds. The molecule has 23 heavy (non-hydrogen) atoms. The number of rotatable bonds is 2. The lowest BCUT2D eigenvalue weighted by molar-refractivity contribution is 0.0240. The Morgan fingerprint density at radius 1 is 1.26 bits per heavy atom. The molecule has 1 aliphatic rings. The fourth-order valence-corrected chi connectivity index (χ4v) is 2.61. The molecule has 0 aliphatic carbocycles. The van der Waals surface area contributed by atoms with Gasteiger partial charge in [0, 0.05) is 30.7 Å². The summed E-state index contributed by atoms with van der Waals surface area (Å²) in [5.41, 5.74) is -0.801. The van der Waals surface area contributed by atoms with E-state index in [1.165, 1.54) is 0 Å². The van der Waals surface area contributed by atoms with E-state index >= 15 is 0 Å². The van der Waals surface area contributed by atoms with Crippen molar-refractivity contribution in [1.29, 1.82) is 0 Å². The Hall–Kier alpha value is -1.44. The van der Waals surface area contributed by atoms with Gasteiger partial charge >= 0.3 is 6.09 Å². The summed E-state index contributed by atoms with van der Waals surface area (Å²) >= 11 is 3.08. The van der Waals surface area contributed by atoms with Gasteiger partial charge in [-0.05, 0) is 48.8 Å². The predicted octanol–water partition coefficient (Wildman–Crippen LogP) is 3.84. The number of amides is 1. The van der Waals surface area contributed by atoms with Crippen LogP contribution in [0.5, 0.6) is 0 Å². The van der Waals surface area contributed by atoms with Gasteiger partial charge in [0.15, 0.2) is 0 Å². The smallest absolute Gasteiger partial charge is 0.410 e. The molecule has 0 unspecified atom stereocenters. The highest BCUT2D eigenvalue weighted by atomic mass is 79.9. The fourth-order valence-electron chi connectivity index (χ4n) is 2.22. The molecule has 0 saturated carbocycles. The number of pyridine rings is 1. The van der Waals surface area contributed by atoms with Crippen molar-refractivity contribution in [2.75, 3.05) is 31.1 Å². The van der Waals surface area contributed by atoms with Crippen LogP contribution in [0.1, 0.15) is 32.9 Å². The van der Waals surface area contributed by atoms with Crippen molar-refractivity contribution in [3.63, 3.8) is 0 Å². The first-order valence-corrected chi connectivity index (χ1v) is 8.14. The predicted molar refractivity (Wildman–Crippen MR) is 86.9 cm³/mol. The average Bonchev–Trinajstić information content (AvgIpc) is 2.46. The number of hydrogen-bond donors (Lipinski definition) is 0. The lowest BCUT2D eigenvalue weighted by Gasteiger charge is -2.36. The second kappa shape index (κ2) is 6.98. The van der Waals surface area contributed by atoms with Crippen LogP contribution in [0.25, 0.3) is 0 Å². The Bertz CT molecular complexity index is 570. The zero-order valence-corrected chi connectivity index (χ0v) is 14.9. The van der Waals surface area contributed by atoms with Gasteiger partial charge in [0.2, 0.25) is 0 Å². The third-order valence-electron chi connectivity index (χ3n) is 3.32. The van der Waals surface area contributed by atoms with Crippen LogP contribution in [0, 0.1) is 0 Å². The van der Waals surface area contributed by atoms with Crippen LogP contribution in [0.3, 0.4) is 0 Å². The number of alkyl halides is 2. The second-order valence-electron chi connectivity index (χ2n) is 6.29. The Morgan fingerprint density at radius 3 is 2.39 bits per heavy atom. The summed E-state index contributed by atoms with van der Waals surface area (Å²) in [6.45, 7) is 7.44. The van der Waals surface area contributed by atoms with Crippen LogP contribution in [0.15, 0.2) is 16.6 Å². The van der Waals surface area contributed by atoms with Gasteiger partial charge in [-0.25, -0.2) is 18.6 Å². The van der Waals surface area contributed by atoms with Gasteiger partial charge in [0.1, 0.15) is 17.1 Å². The van der Waals surface area contributed by atoms with Gasteiger partial charge in [-0.1, -0.05) is 0 Å². The van der Waals surface area contributed by atoms with E-state index in [0.29, 0.717) is 36.5 Å². The Morgan fingerprint density at radius 2 is 1.87 bits per heavy atom. The lowest BCUT2D eigenvalue weighted by Crippen LogP contribution is -2.50. The molecular weight excluding hydrogens is 372 g/mol. The molecule has 2 heterocycles. The molecule has 0 bridgehead atoms. The molecule has 0 spiro atoms. The zero-order chi connectivity index (χ0) is 17.2. The summed E-state index contributed by atoms with van der Waals surface area (Å²) < 4.78 is 31.5. The summed E-state index contributed by atoms with van der Waals surface area (Å²) in [7, 11) is 0. The molecule has 1 aromatic heterocycles. The number of carbonyl (C=O) groups is 1. The average molecular weight is 392 g/mol. The molecule has 1 aliphatic heterocycles. The number of anilines is 1. The number of carbonyl (C=O) groups excluding carboxylic acids is 1. The van der Waals surface area contributed by atoms with Crippen LogP contribution in [0.2, 0.25) is 0 Å². The van der Waals surface area contributed by atoms with Crippen LogP contribution in [0.4, 0.5) is 19.4 Å². The van der Waals surface area contributed by atoms with Gasteiger partial charge in [-0.2, -0.15) is 0 Å². The molecule has 0 N–H and O–H groups in total. The minimum atomic E-state index is -2.63. The first-order chi connectivity index (χ1) is 10.7. The highest BCUT2D eigenvalue weighted by Crippen LogP contribution is 2.28. The van der Waals surface area contributed by atoms with Crippen molar-refractivity contribution in [2.24, 2.45) is 0 Å². The first-order valence-electron chi connectivity index (χ1n) is 7.35. The minimum Gasteiger partial charge on any atom is -0.444 e. The first kappa shape index (κ1) is 17.9. The van der Waals surface area contributed by atoms with Crippen molar-refractivity contribution in [1.82, 2.24) is 9.88 Å². The maximum Gasteiger partial charge on any atom is 0.410 e. The van der Waals surface area contributed by atoms with Crippen LogP contribution in [-0.2, 0) is 4.74 Å². The van der Waals surface area contributed by atoms with Crippen molar-refractivity contribution >= 4 is 27.8 Å². The topological polar surface area (TPSA) is 45.7 Å². The van der Waals surface area contributed by atoms with E-state index in [1.54, 1.807) is 17.0 Å². The van der Waals surface area contributed by atoms with Gasteiger partial charge in [-0.3, -0.25) is 0 Å². The van der Waals surface area contributed by atoms with E-state index in [-0.39, 0.29) is 11.8 Å². The van der Waals surface area contributed by atoms with Gasteiger partial charge in [0.25, 0.3) is 6.43 Å². The molecule has 8 heteroatoms. The molecular formula is C15H20BrF2N3O2. The third kappa shape index (κ3) is 4.76. The standard InChI is InChI=1S/C15H20BrF2N3O2/c1-15(2,3)23-14(22)21-8-6-20(7-9-21)11-5-4-10(16)12(19-11)13(17)18/h4-5,13H,6-9H2,1-3H3. The van der Waals surface area contributed by atoms with Crippen molar-refractivity contribution in [3.05, 3.63) is 22.3 Å². The maximum absolute atomic E-state index is 12.9. The Kier molecular flexibility index (Phi) is 5.44. The van der Waals surface area contributed by atoms with E-state index in [1.807, 2.05) is 25.7 Å². The number of ether oxygens (including phenoxy) is 1. The highest BCUT2D eigenvalue weighted by molar-refractivity contribution is 9.10. The largest absolute Gasteiger partial charge is 0.444 e. The van der Waals surface area contributed by atoms with Crippen molar-refractivity contribution < 1.29 is 18.3 Å². The number of hydrogen-bond acceptors (Lipinski definition) is 4. The third-order valence-corrected chi connectivity index (χ3v) is 3.99. The molecule has 0 radical (unpaired) electrons. The molecule has 2 rings (SSSR count). The van der Waals surface area contributed by atoms with E-state index in [9.17, 15) is 13.6 Å². The quantitative estimate of drug-likeness (QED) is 0.768. The van der Waals surface area contributed by atoms with Crippen molar-refractivity contribution in [2.45, 2.75) is 32.8 Å². The van der Waals surface area contributed by atoms with Crippen LogP contribution >= 0.6 is 15.9 Å². The maximum atomic E-state index is 12.9. The highest BCUT2D eigenvalue weighted by Gasteiger charge is 2.27. The summed E-state index contributed by atoms with van der Waals surface area (Å²) in [5, 5.41) is 0. The second-order valence-corrected chi connectivity index (χ2v) is 7.15. The molecule has 1 saturated heterocycles. The molecule has 1 fully saturated rings. The van der Waals surface area contributed by atoms with E-state index in [0.717, 1.165) is 0 Å². The molecule has 0 atom stereocenters. The Labute approximate surface area is 142 Å². The number of halogens is 3. The van der Waals surface area contributed by atoms with Gasteiger partial charge in [0.05, 0.1) is 0 Å². The SMILES string of the molecule is CC(C)(C)OC(=O)N1CCN(c2ccc(Br)c(C(F)F)n2)CC1. The fraction of sp³-hybridized carbons (Fsp3) is 0.600. The monoisotopic (exact) mass is 391 g/mol. The number of nitrogens with zero attached hydrogens (tertiary/aromatic N) is 3. The number of piperazine rings is 1. The van der Waals surface area contributed by atoms with E-state index in [2.05, 4.69) is 20.9 Å². The summed E-state index contributed by atoms with van der Waals surface area (Å²) in [4.78, 5) is 19.5. The van der Waals surface area contributed by atoms with Gasteiger partial charge < -0.3 is 14.5 Å². The minimum absolute atomic E-state index is 0.267. The summed E-state index contributed by atoms with van der Waals surface area (Å²) in [6.07, 6.45) is -2.98. The lowest BCUT2D eigenvalue weighted by atomic mass is 10.2. The summed E-state index contributed by atoms with van der Waals surface area (Å²) in [6, 6.07) is 3.27.